The van der Waals surface area contributed by atoms with Crippen LogP contribution in [0.4, 0.5) is 18.0 Å². The van der Waals surface area contributed by atoms with Gasteiger partial charge in [-0.05, 0) is 79.2 Å². The van der Waals surface area contributed by atoms with Crippen molar-refractivity contribution in [3.8, 4) is 0 Å². The molecule has 38 heavy (non-hydrogen) atoms. The molecule has 0 bridgehead atoms. The zero-order valence-corrected chi connectivity index (χ0v) is 23.3. The van der Waals surface area contributed by atoms with Crippen molar-refractivity contribution in [3.63, 3.8) is 0 Å². The standard InChI is InChI=1S/C29H43F3N4O2/c1-19-22(18-33-25(37)20-7-9-21(10-8-20)29(30,31)32)28(4)12-6-11-27(2,3)24(28)17-23(19)34-26(38)36-15-13-35(5)14-16-36/h7-10,19,22-24H,6,11-18H2,1-5H3,(H,33,37)(H,34,38)/t19-,22+,23-,24?,28-/m1/s1. The lowest BCUT2D eigenvalue weighted by Crippen LogP contribution is -2.62. The number of piperazine rings is 1. The maximum absolute atomic E-state index is 13.2. The summed E-state index contributed by atoms with van der Waals surface area (Å²) >= 11 is 0. The highest BCUT2D eigenvalue weighted by molar-refractivity contribution is 5.94. The van der Waals surface area contributed by atoms with Gasteiger partial charge in [-0.2, -0.15) is 13.2 Å². The third kappa shape index (κ3) is 5.82. The van der Waals surface area contributed by atoms with Crippen molar-refractivity contribution >= 4 is 11.9 Å². The fourth-order valence-electron chi connectivity index (χ4n) is 7.53. The van der Waals surface area contributed by atoms with Crippen LogP contribution in [0.25, 0.3) is 0 Å². The van der Waals surface area contributed by atoms with Crippen molar-refractivity contribution < 1.29 is 22.8 Å². The minimum Gasteiger partial charge on any atom is -0.352 e. The van der Waals surface area contributed by atoms with E-state index in [1.165, 1.54) is 12.1 Å². The predicted molar refractivity (Wildman–Crippen MR) is 142 cm³/mol. The minimum atomic E-state index is -4.44. The number of rotatable bonds is 4. The van der Waals surface area contributed by atoms with Gasteiger partial charge in [0.05, 0.1) is 5.56 Å². The summed E-state index contributed by atoms with van der Waals surface area (Å²) in [6.45, 7) is 12.7. The second-order valence-corrected chi connectivity index (χ2v) is 12.7. The molecule has 1 aromatic rings. The number of fused-ring (bicyclic) bond motifs is 1. The fourth-order valence-corrected chi connectivity index (χ4v) is 7.53. The maximum Gasteiger partial charge on any atom is 0.416 e. The Bertz CT molecular complexity index is 1000. The number of carbonyl (C=O) groups excluding carboxylic acids is 2. The molecule has 2 N–H and O–H groups in total. The van der Waals surface area contributed by atoms with Crippen LogP contribution in [0.5, 0.6) is 0 Å². The van der Waals surface area contributed by atoms with Crippen molar-refractivity contribution in [1.82, 2.24) is 20.4 Å². The van der Waals surface area contributed by atoms with Crippen LogP contribution in [0, 0.1) is 28.6 Å². The molecule has 1 saturated heterocycles. The third-order valence-electron chi connectivity index (χ3n) is 9.94. The number of amides is 3. The second-order valence-electron chi connectivity index (χ2n) is 12.7. The van der Waals surface area contributed by atoms with Crippen LogP contribution < -0.4 is 10.6 Å². The average Bonchev–Trinajstić information content (AvgIpc) is 2.84. The van der Waals surface area contributed by atoms with E-state index in [1.807, 2.05) is 4.90 Å². The molecule has 4 rings (SSSR count). The summed E-state index contributed by atoms with van der Waals surface area (Å²) in [6, 6.07) is 4.34. The zero-order valence-electron chi connectivity index (χ0n) is 23.3. The first-order valence-electron chi connectivity index (χ1n) is 13.9. The lowest BCUT2D eigenvalue weighted by molar-refractivity contribution is -0.137. The molecule has 0 spiro atoms. The molecule has 3 fully saturated rings. The summed E-state index contributed by atoms with van der Waals surface area (Å²) in [5.74, 6) is 0.266. The summed E-state index contributed by atoms with van der Waals surface area (Å²) in [6.07, 6.45) is -0.216. The normalized spacial score (nSPS) is 31.8. The summed E-state index contributed by atoms with van der Waals surface area (Å²) in [5, 5.41) is 6.40. The molecule has 2 aliphatic carbocycles. The molecule has 1 unspecified atom stereocenters. The van der Waals surface area contributed by atoms with Crippen molar-refractivity contribution in [2.24, 2.45) is 28.6 Å². The Kier molecular flexibility index (Phi) is 8.09. The molecule has 1 heterocycles. The monoisotopic (exact) mass is 536 g/mol. The molecule has 0 radical (unpaired) electrons. The number of hydrogen-bond donors (Lipinski definition) is 2. The lowest BCUT2D eigenvalue weighted by Gasteiger charge is -2.61. The van der Waals surface area contributed by atoms with E-state index in [9.17, 15) is 22.8 Å². The molecule has 0 aromatic heterocycles. The molecule has 212 valence electrons. The molecule has 1 aromatic carbocycles. The number of halogens is 3. The molecule has 2 saturated carbocycles. The van der Waals surface area contributed by atoms with Crippen LogP contribution in [0.15, 0.2) is 24.3 Å². The second kappa shape index (κ2) is 10.7. The molecular formula is C29H43F3N4O2. The van der Waals surface area contributed by atoms with Crippen LogP contribution in [0.2, 0.25) is 0 Å². The first-order chi connectivity index (χ1) is 17.7. The Morgan fingerprint density at radius 1 is 1.03 bits per heavy atom. The lowest BCUT2D eigenvalue weighted by atomic mass is 9.45. The number of benzene rings is 1. The predicted octanol–water partition coefficient (Wildman–Crippen LogP) is 5.25. The maximum atomic E-state index is 13.2. The molecule has 3 amide bonds. The Morgan fingerprint density at radius 2 is 1.66 bits per heavy atom. The van der Waals surface area contributed by atoms with Crippen LogP contribution in [-0.2, 0) is 6.18 Å². The SMILES string of the molecule is C[C@H]1[C@H](NC(=O)N2CCN(C)CC2)CC2C(C)(C)CCC[C@]2(C)[C@H]1CNC(=O)c1ccc(C(F)(F)F)cc1. The first-order valence-corrected chi connectivity index (χ1v) is 13.9. The van der Waals surface area contributed by atoms with E-state index < -0.39 is 11.7 Å². The number of urea groups is 1. The van der Waals surface area contributed by atoms with Crippen LogP contribution in [0.1, 0.15) is 69.3 Å². The van der Waals surface area contributed by atoms with Crippen LogP contribution in [-0.4, -0.2) is 67.6 Å². The first kappa shape index (κ1) is 28.7. The summed E-state index contributed by atoms with van der Waals surface area (Å²) < 4.78 is 38.8. The summed E-state index contributed by atoms with van der Waals surface area (Å²) in [7, 11) is 2.06. The van der Waals surface area contributed by atoms with E-state index in [-0.39, 0.29) is 46.2 Å². The number of likely N-dealkylation sites (N-methyl/N-ethyl adjacent to an activating group) is 1. The van der Waals surface area contributed by atoms with E-state index >= 15 is 0 Å². The topological polar surface area (TPSA) is 64.7 Å². The molecule has 5 atom stereocenters. The smallest absolute Gasteiger partial charge is 0.352 e. The fraction of sp³-hybridized carbons (Fsp3) is 0.724. The highest BCUT2D eigenvalue weighted by Gasteiger charge is 2.56. The summed E-state index contributed by atoms with van der Waals surface area (Å²) in [4.78, 5) is 30.3. The van der Waals surface area contributed by atoms with Gasteiger partial charge in [-0.25, -0.2) is 4.79 Å². The Balaban J connectivity index is 1.50. The molecule has 3 aliphatic rings. The Labute approximate surface area is 224 Å². The third-order valence-corrected chi connectivity index (χ3v) is 9.94. The van der Waals surface area contributed by atoms with E-state index in [1.54, 1.807) is 0 Å². The van der Waals surface area contributed by atoms with E-state index in [0.29, 0.717) is 25.6 Å². The average molecular weight is 537 g/mol. The highest BCUT2D eigenvalue weighted by atomic mass is 19.4. The van der Waals surface area contributed by atoms with Crippen molar-refractivity contribution in [1.29, 1.82) is 0 Å². The number of alkyl halides is 3. The van der Waals surface area contributed by atoms with Gasteiger partial charge in [0, 0.05) is 44.3 Å². The number of carbonyl (C=O) groups is 2. The van der Waals surface area contributed by atoms with Gasteiger partial charge in [-0.15, -0.1) is 0 Å². The number of hydrogen-bond acceptors (Lipinski definition) is 3. The van der Waals surface area contributed by atoms with Gasteiger partial charge in [0.25, 0.3) is 5.91 Å². The molecule has 6 nitrogen and oxygen atoms in total. The van der Waals surface area contributed by atoms with Gasteiger partial charge in [-0.3, -0.25) is 4.79 Å². The van der Waals surface area contributed by atoms with Gasteiger partial charge in [0.15, 0.2) is 0 Å². The van der Waals surface area contributed by atoms with Crippen molar-refractivity contribution in [3.05, 3.63) is 35.4 Å². The molecule has 1 aliphatic heterocycles. The van der Waals surface area contributed by atoms with E-state index in [2.05, 4.69) is 50.3 Å². The van der Waals surface area contributed by atoms with E-state index in [0.717, 1.165) is 50.9 Å². The highest BCUT2D eigenvalue weighted by Crippen LogP contribution is 2.61. The van der Waals surface area contributed by atoms with Gasteiger partial charge < -0.3 is 20.4 Å². The Hall–Kier alpha value is -2.29. The van der Waals surface area contributed by atoms with Gasteiger partial charge in [0.2, 0.25) is 0 Å². The quantitative estimate of drug-likeness (QED) is 0.553. The van der Waals surface area contributed by atoms with Crippen molar-refractivity contribution in [2.45, 2.75) is 65.6 Å². The van der Waals surface area contributed by atoms with Gasteiger partial charge in [0.1, 0.15) is 0 Å². The minimum absolute atomic E-state index is 0.00872. The number of nitrogens with one attached hydrogen (secondary N) is 2. The van der Waals surface area contributed by atoms with Gasteiger partial charge >= 0.3 is 12.2 Å². The summed E-state index contributed by atoms with van der Waals surface area (Å²) in [5.41, 5.74) is -0.454. The zero-order chi connectivity index (χ0) is 27.9. The van der Waals surface area contributed by atoms with Crippen LogP contribution in [0.3, 0.4) is 0 Å². The molecule has 9 heteroatoms. The Morgan fingerprint density at radius 3 is 2.26 bits per heavy atom. The van der Waals surface area contributed by atoms with E-state index in [4.69, 9.17) is 0 Å². The van der Waals surface area contributed by atoms with Gasteiger partial charge in [-0.1, -0.05) is 34.1 Å². The van der Waals surface area contributed by atoms with Crippen molar-refractivity contribution in [2.75, 3.05) is 39.8 Å². The number of nitrogens with zero attached hydrogens (tertiary/aromatic N) is 2. The van der Waals surface area contributed by atoms with Crippen LogP contribution >= 0.6 is 0 Å². The molecular weight excluding hydrogens is 493 g/mol. The largest absolute Gasteiger partial charge is 0.416 e.